The molecule has 10 nitrogen and oxygen atoms in total. The summed E-state index contributed by atoms with van der Waals surface area (Å²) in [4.78, 5) is 56.1. The first kappa shape index (κ1) is 32.8. The first-order chi connectivity index (χ1) is 20.8. The third kappa shape index (κ3) is 6.97. The van der Waals surface area contributed by atoms with Gasteiger partial charge in [0.15, 0.2) is 5.78 Å². The highest BCUT2D eigenvalue weighted by molar-refractivity contribution is 7.91. The average molecular weight is 648 g/mol. The van der Waals surface area contributed by atoms with Crippen molar-refractivity contribution in [3.63, 3.8) is 0 Å². The zero-order valence-corrected chi connectivity index (χ0v) is 27.6. The Kier molecular flexibility index (Phi) is 9.45. The number of thiophene rings is 1. The minimum atomic E-state index is -3.98. The summed E-state index contributed by atoms with van der Waals surface area (Å²) in [6.45, 7) is 9.45. The van der Waals surface area contributed by atoms with Gasteiger partial charge in [0, 0.05) is 19.5 Å². The number of carbonyl (C=O) groups excluding carboxylic acids is 4. The molecule has 3 saturated carbocycles. The molecule has 1 aromatic heterocycles. The Morgan fingerprint density at radius 3 is 2.45 bits per heavy atom. The van der Waals surface area contributed by atoms with Crippen LogP contribution in [0.1, 0.15) is 78.6 Å². The predicted octanol–water partition coefficient (Wildman–Crippen LogP) is 4.12. The maximum atomic E-state index is 14.3. The summed E-state index contributed by atoms with van der Waals surface area (Å²) in [6.07, 6.45) is 7.50. The van der Waals surface area contributed by atoms with Gasteiger partial charge in [-0.3, -0.25) is 19.2 Å². The first-order valence-electron chi connectivity index (χ1n) is 15.7. The second-order valence-corrected chi connectivity index (χ2v) is 17.2. The summed E-state index contributed by atoms with van der Waals surface area (Å²) in [5, 5.41) is 4.67. The van der Waals surface area contributed by atoms with Crippen LogP contribution in [0.4, 0.5) is 0 Å². The van der Waals surface area contributed by atoms with E-state index in [1.54, 1.807) is 17.5 Å². The zero-order chi connectivity index (χ0) is 31.9. The van der Waals surface area contributed by atoms with Crippen molar-refractivity contribution in [2.45, 2.75) is 94.9 Å². The zero-order valence-electron chi connectivity index (χ0n) is 26.0. The minimum Gasteiger partial charge on any atom is -0.462 e. The molecule has 4 fully saturated rings. The molecule has 4 atom stereocenters. The molecule has 1 saturated heterocycles. The molecular formula is C32H45N3O7S2. The van der Waals surface area contributed by atoms with Crippen LogP contribution < -0.4 is 5.32 Å². The molecule has 0 unspecified atom stereocenters. The number of ketones is 1. The molecule has 5 rings (SSSR count). The number of nitrogens with zero attached hydrogens (tertiary/aromatic N) is 2. The SMILES string of the molecule is C=C[C@@H]1C[C@]1(CC(=O)[C@@H]1CN(S(=O)(=O)c2cccs2)CN1C(=O)[C@@H](CC(=O)OC1CCCC1)C(C)(C)C)C(=O)NCC1CC1. The molecular weight excluding hydrogens is 603 g/mol. The molecule has 2 heterocycles. The van der Waals surface area contributed by atoms with Gasteiger partial charge in [0.05, 0.1) is 24.4 Å². The summed E-state index contributed by atoms with van der Waals surface area (Å²) >= 11 is 1.07. The summed E-state index contributed by atoms with van der Waals surface area (Å²) < 4.78 is 34.1. The van der Waals surface area contributed by atoms with E-state index in [0.29, 0.717) is 18.9 Å². The van der Waals surface area contributed by atoms with Gasteiger partial charge in [-0.2, -0.15) is 4.31 Å². The molecule has 4 aliphatic rings. The summed E-state index contributed by atoms with van der Waals surface area (Å²) in [6, 6.07) is 2.04. The lowest BCUT2D eigenvalue weighted by Gasteiger charge is -2.34. The largest absolute Gasteiger partial charge is 0.462 e. The Bertz CT molecular complexity index is 1380. The van der Waals surface area contributed by atoms with Crippen molar-refractivity contribution < 1.29 is 32.3 Å². The number of ether oxygens (including phenoxy) is 1. The molecule has 1 aliphatic heterocycles. The molecule has 3 aliphatic carbocycles. The normalized spacial score (nSPS) is 26.8. The minimum absolute atomic E-state index is 0.120. The monoisotopic (exact) mass is 647 g/mol. The van der Waals surface area contributed by atoms with Crippen molar-refractivity contribution in [2.24, 2.45) is 28.6 Å². The van der Waals surface area contributed by atoms with E-state index in [2.05, 4.69) is 11.9 Å². The summed E-state index contributed by atoms with van der Waals surface area (Å²) in [5.74, 6) is -2.03. The maximum absolute atomic E-state index is 14.3. The number of carbonyl (C=O) groups is 4. The Balaban J connectivity index is 1.39. The van der Waals surface area contributed by atoms with Crippen molar-refractivity contribution in [3.05, 3.63) is 30.2 Å². The highest BCUT2D eigenvalue weighted by atomic mass is 32.2. The van der Waals surface area contributed by atoms with E-state index in [1.807, 2.05) is 20.8 Å². The quantitative estimate of drug-likeness (QED) is 0.252. The van der Waals surface area contributed by atoms with Crippen LogP contribution >= 0.6 is 11.3 Å². The standard InChI is InChI=1S/C32H45N3O7S2/c1-5-22-16-32(22,30(39)33-18-21-12-13-21)17-26(36)25-19-34(44(40,41)28-11-8-14-43-28)20-35(25)29(38)24(31(2,3)4)15-27(37)42-23-9-6-7-10-23/h5,8,11,14,21-25H,1,6-7,9-10,12-13,15-20H2,2-4H3,(H,33,39)/t22-,24-,25+,32-/m1/s1. The van der Waals surface area contributed by atoms with Crippen LogP contribution in [0.15, 0.2) is 34.4 Å². The highest BCUT2D eigenvalue weighted by Crippen LogP contribution is 2.56. The van der Waals surface area contributed by atoms with Crippen LogP contribution in [-0.2, 0) is 33.9 Å². The van der Waals surface area contributed by atoms with Crippen LogP contribution in [0.3, 0.4) is 0 Å². The number of sulfonamides is 1. The second-order valence-electron chi connectivity index (χ2n) is 14.1. The van der Waals surface area contributed by atoms with E-state index < -0.39 is 44.7 Å². The molecule has 2 amide bonds. The number of Topliss-reactive ketones (excluding diaryl/α,β-unsaturated/α-hetero) is 1. The number of esters is 1. The number of hydrogen-bond acceptors (Lipinski definition) is 8. The molecule has 0 spiro atoms. The van der Waals surface area contributed by atoms with Crippen LogP contribution in [0.2, 0.25) is 0 Å². The maximum Gasteiger partial charge on any atom is 0.306 e. The molecule has 44 heavy (non-hydrogen) atoms. The van der Waals surface area contributed by atoms with Crippen molar-refractivity contribution in [2.75, 3.05) is 19.8 Å². The average Bonchev–Trinajstić information content (AvgIpc) is 3.62. The van der Waals surface area contributed by atoms with E-state index in [9.17, 15) is 27.6 Å². The lowest BCUT2D eigenvalue weighted by atomic mass is 9.77. The smallest absolute Gasteiger partial charge is 0.306 e. The molecule has 1 N–H and O–H groups in total. The molecule has 0 radical (unpaired) electrons. The van der Waals surface area contributed by atoms with Crippen LogP contribution in [-0.4, -0.2) is 73.1 Å². The lowest BCUT2D eigenvalue weighted by molar-refractivity contribution is -0.156. The third-order valence-corrected chi connectivity index (χ3v) is 12.9. The fourth-order valence-electron chi connectivity index (χ4n) is 6.55. The van der Waals surface area contributed by atoms with Gasteiger partial charge in [0.25, 0.3) is 10.0 Å². The lowest BCUT2D eigenvalue weighted by Crippen LogP contribution is -2.49. The number of rotatable bonds is 13. The van der Waals surface area contributed by atoms with E-state index >= 15 is 0 Å². The van der Waals surface area contributed by atoms with E-state index in [0.717, 1.165) is 54.2 Å². The third-order valence-electron chi connectivity index (χ3n) is 9.73. The van der Waals surface area contributed by atoms with Gasteiger partial charge in [0.2, 0.25) is 11.8 Å². The van der Waals surface area contributed by atoms with Crippen molar-refractivity contribution in [1.82, 2.24) is 14.5 Å². The number of nitrogens with one attached hydrogen (secondary N) is 1. The number of allylic oxidation sites excluding steroid dienone is 1. The number of amides is 2. The van der Waals surface area contributed by atoms with Gasteiger partial charge in [0.1, 0.15) is 16.4 Å². The Labute approximate surface area is 264 Å². The van der Waals surface area contributed by atoms with E-state index in [1.165, 1.54) is 11.0 Å². The van der Waals surface area contributed by atoms with Gasteiger partial charge in [-0.05, 0) is 73.6 Å². The molecule has 12 heteroatoms. The Hall–Kier alpha value is -2.57. The van der Waals surface area contributed by atoms with Gasteiger partial charge in [-0.15, -0.1) is 17.9 Å². The predicted molar refractivity (Wildman–Crippen MR) is 166 cm³/mol. The Morgan fingerprint density at radius 1 is 1.18 bits per heavy atom. The highest BCUT2D eigenvalue weighted by Gasteiger charge is 2.60. The van der Waals surface area contributed by atoms with Crippen molar-refractivity contribution in [3.8, 4) is 0 Å². The molecule has 0 bridgehead atoms. The van der Waals surface area contributed by atoms with Gasteiger partial charge in [-0.25, -0.2) is 8.42 Å². The van der Waals surface area contributed by atoms with Crippen LogP contribution in [0.5, 0.6) is 0 Å². The molecule has 1 aromatic rings. The van der Waals surface area contributed by atoms with Crippen molar-refractivity contribution in [1.29, 1.82) is 0 Å². The second kappa shape index (κ2) is 12.7. The summed E-state index contributed by atoms with van der Waals surface area (Å²) in [7, 11) is -3.98. The molecule has 0 aromatic carbocycles. The van der Waals surface area contributed by atoms with Gasteiger partial charge in [-0.1, -0.05) is 32.9 Å². The van der Waals surface area contributed by atoms with Crippen LogP contribution in [0, 0.1) is 28.6 Å². The molecule has 242 valence electrons. The van der Waals surface area contributed by atoms with E-state index in [-0.39, 0.29) is 54.0 Å². The first-order valence-corrected chi connectivity index (χ1v) is 18.1. The fourth-order valence-corrected chi connectivity index (χ4v) is 9.09. The van der Waals surface area contributed by atoms with E-state index in [4.69, 9.17) is 4.74 Å². The van der Waals surface area contributed by atoms with Gasteiger partial charge >= 0.3 is 5.97 Å². The van der Waals surface area contributed by atoms with Gasteiger partial charge < -0.3 is 15.0 Å². The number of hydrogen-bond donors (Lipinski definition) is 1. The van der Waals surface area contributed by atoms with Crippen molar-refractivity contribution >= 4 is 44.9 Å². The Morgan fingerprint density at radius 2 is 1.89 bits per heavy atom. The topological polar surface area (TPSA) is 130 Å². The van der Waals surface area contributed by atoms with Crippen LogP contribution in [0.25, 0.3) is 0 Å². The summed E-state index contributed by atoms with van der Waals surface area (Å²) in [5.41, 5.74) is -1.62. The fraction of sp³-hybridized carbons (Fsp3) is 0.688.